The zero-order valence-corrected chi connectivity index (χ0v) is 10.5. The van der Waals surface area contributed by atoms with E-state index in [2.05, 4.69) is 6.92 Å². The van der Waals surface area contributed by atoms with Crippen molar-refractivity contribution in [3.05, 3.63) is 24.2 Å². The molecule has 3 rings (SSSR count). The fourth-order valence-corrected chi connectivity index (χ4v) is 3.17. The first-order valence-electron chi connectivity index (χ1n) is 6.54. The van der Waals surface area contributed by atoms with E-state index in [0.717, 1.165) is 19.3 Å². The van der Waals surface area contributed by atoms with Crippen molar-refractivity contribution in [3.8, 4) is 0 Å². The highest BCUT2D eigenvalue weighted by Crippen LogP contribution is 2.40. The minimum atomic E-state index is -0.0868. The fourth-order valence-electron chi connectivity index (χ4n) is 3.17. The van der Waals surface area contributed by atoms with E-state index >= 15 is 0 Å². The van der Waals surface area contributed by atoms with Crippen molar-refractivity contribution in [2.45, 2.75) is 32.7 Å². The van der Waals surface area contributed by atoms with Gasteiger partial charge in [0, 0.05) is 0 Å². The van der Waals surface area contributed by atoms with E-state index in [4.69, 9.17) is 4.42 Å². The summed E-state index contributed by atoms with van der Waals surface area (Å²) in [6.07, 6.45) is 4.32. The van der Waals surface area contributed by atoms with Crippen LogP contribution in [-0.2, 0) is 16.1 Å². The Morgan fingerprint density at radius 1 is 1.28 bits per heavy atom. The third kappa shape index (κ3) is 1.76. The molecule has 3 atom stereocenters. The molecule has 2 fully saturated rings. The van der Waals surface area contributed by atoms with Crippen LogP contribution in [0.5, 0.6) is 0 Å². The van der Waals surface area contributed by atoms with Crippen LogP contribution in [0.3, 0.4) is 0 Å². The van der Waals surface area contributed by atoms with E-state index in [1.165, 1.54) is 4.90 Å². The maximum Gasteiger partial charge on any atom is 0.233 e. The highest BCUT2D eigenvalue weighted by molar-refractivity contribution is 6.05. The summed E-state index contributed by atoms with van der Waals surface area (Å²) in [5.74, 6) is 1.04. The number of rotatable bonds is 2. The molecular weight excluding hydrogens is 230 g/mol. The molecule has 0 aromatic carbocycles. The molecule has 4 nitrogen and oxygen atoms in total. The molecule has 0 unspecified atom stereocenters. The van der Waals surface area contributed by atoms with Gasteiger partial charge in [-0.25, -0.2) is 0 Å². The van der Waals surface area contributed by atoms with Crippen molar-refractivity contribution >= 4 is 11.8 Å². The second-order valence-electron chi connectivity index (χ2n) is 5.47. The van der Waals surface area contributed by atoms with E-state index in [9.17, 15) is 9.59 Å². The van der Waals surface area contributed by atoms with Crippen LogP contribution in [0.4, 0.5) is 0 Å². The largest absolute Gasteiger partial charge is 0.467 e. The molecular formula is C14H17NO3. The van der Waals surface area contributed by atoms with Gasteiger partial charge in [0.2, 0.25) is 11.8 Å². The zero-order chi connectivity index (χ0) is 12.7. The molecule has 2 aliphatic rings. The molecule has 96 valence electrons. The molecule has 1 saturated carbocycles. The van der Waals surface area contributed by atoms with Gasteiger partial charge < -0.3 is 4.42 Å². The minimum Gasteiger partial charge on any atom is -0.467 e. The van der Waals surface area contributed by atoms with Crippen LogP contribution in [0.2, 0.25) is 0 Å². The lowest BCUT2D eigenvalue weighted by Crippen LogP contribution is -2.30. The lowest BCUT2D eigenvalue weighted by atomic mass is 9.76. The number of hydrogen-bond donors (Lipinski definition) is 0. The van der Waals surface area contributed by atoms with Gasteiger partial charge in [-0.2, -0.15) is 0 Å². The molecule has 0 radical (unpaired) electrons. The third-order valence-electron chi connectivity index (χ3n) is 4.17. The Morgan fingerprint density at radius 2 is 2.06 bits per heavy atom. The number of hydrogen-bond acceptors (Lipinski definition) is 3. The van der Waals surface area contributed by atoms with E-state index in [1.54, 1.807) is 18.4 Å². The molecule has 0 bridgehead atoms. The van der Waals surface area contributed by atoms with Gasteiger partial charge >= 0.3 is 0 Å². The standard InChI is InChI=1S/C14H17NO3/c1-9-4-5-11-12(7-9)14(17)15(13(11)16)8-10-3-2-6-18-10/h2-3,6,9,11-12H,4-5,7-8H2,1H3/t9-,11+,12+/m0/s1. The van der Waals surface area contributed by atoms with Gasteiger partial charge in [0.1, 0.15) is 5.76 Å². The molecule has 2 amide bonds. The number of carbonyl (C=O) groups is 2. The van der Waals surface area contributed by atoms with Gasteiger partial charge in [-0.15, -0.1) is 0 Å². The van der Waals surface area contributed by atoms with Crippen molar-refractivity contribution in [3.63, 3.8) is 0 Å². The highest BCUT2D eigenvalue weighted by Gasteiger charge is 2.49. The number of fused-ring (bicyclic) bond motifs is 1. The quantitative estimate of drug-likeness (QED) is 0.753. The van der Waals surface area contributed by atoms with E-state index < -0.39 is 0 Å². The maximum absolute atomic E-state index is 12.3. The Labute approximate surface area is 106 Å². The average molecular weight is 247 g/mol. The topological polar surface area (TPSA) is 50.5 Å². The van der Waals surface area contributed by atoms with Crippen molar-refractivity contribution in [2.75, 3.05) is 0 Å². The van der Waals surface area contributed by atoms with Gasteiger partial charge in [0.25, 0.3) is 0 Å². The molecule has 1 aliphatic heterocycles. The van der Waals surface area contributed by atoms with Gasteiger partial charge in [-0.05, 0) is 37.3 Å². The van der Waals surface area contributed by atoms with E-state index in [0.29, 0.717) is 11.7 Å². The lowest BCUT2D eigenvalue weighted by Gasteiger charge is -2.25. The molecule has 1 aliphatic carbocycles. The third-order valence-corrected chi connectivity index (χ3v) is 4.17. The highest BCUT2D eigenvalue weighted by atomic mass is 16.3. The first kappa shape index (κ1) is 11.5. The van der Waals surface area contributed by atoms with E-state index in [-0.39, 0.29) is 30.2 Å². The van der Waals surface area contributed by atoms with Crippen LogP contribution in [0.15, 0.2) is 22.8 Å². The Kier molecular flexibility index (Phi) is 2.73. The normalized spacial score (nSPS) is 31.8. The number of carbonyl (C=O) groups excluding carboxylic acids is 2. The van der Waals surface area contributed by atoms with Gasteiger partial charge in [-0.1, -0.05) is 6.92 Å². The number of likely N-dealkylation sites (tertiary alicyclic amines) is 1. The Morgan fingerprint density at radius 3 is 2.78 bits per heavy atom. The first-order valence-corrected chi connectivity index (χ1v) is 6.54. The summed E-state index contributed by atoms with van der Waals surface area (Å²) in [4.78, 5) is 25.9. The molecule has 1 aromatic heterocycles. The van der Waals surface area contributed by atoms with Gasteiger partial charge in [0.15, 0.2) is 0 Å². The van der Waals surface area contributed by atoms with Gasteiger partial charge in [0.05, 0.1) is 24.6 Å². The Balaban J connectivity index is 1.80. The monoisotopic (exact) mass is 247 g/mol. The average Bonchev–Trinajstić information content (AvgIpc) is 2.93. The van der Waals surface area contributed by atoms with Crippen LogP contribution in [0.1, 0.15) is 31.9 Å². The first-order chi connectivity index (χ1) is 8.66. The SMILES string of the molecule is C[C@H]1CC[C@H]2C(=O)N(Cc3ccco3)C(=O)[C@@H]2C1. The summed E-state index contributed by atoms with van der Waals surface area (Å²) >= 11 is 0. The van der Waals surface area contributed by atoms with Crippen LogP contribution in [0, 0.1) is 17.8 Å². The summed E-state index contributed by atoms with van der Waals surface area (Å²) < 4.78 is 5.22. The molecule has 18 heavy (non-hydrogen) atoms. The summed E-state index contributed by atoms with van der Waals surface area (Å²) in [7, 11) is 0. The summed E-state index contributed by atoms with van der Waals surface area (Å²) in [5, 5.41) is 0. The van der Waals surface area contributed by atoms with Crippen LogP contribution in [0.25, 0.3) is 0 Å². The molecule has 0 N–H and O–H groups in total. The van der Waals surface area contributed by atoms with Crippen molar-refractivity contribution < 1.29 is 14.0 Å². The fraction of sp³-hybridized carbons (Fsp3) is 0.571. The second kappa shape index (κ2) is 4.26. The second-order valence-corrected chi connectivity index (χ2v) is 5.47. The molecule has 2 heterocycles. The van der Waals surface area contributed by atoms with Crippen molar-refractivity contribution in [2.24, 2.45) is 17.8 Å². The Hall–Kier alpha value is -1.58. The summed E-state index contributed by atoms with van der Waals surface area (Å²) in [6.45, 7) is 2.44. The molecule has 4 heteroatoms. The number of amides is 2. The summed E-state index contributed by atoms with van der Waals surface area (Å²) in [5.41, 5.74) is 0. The van der Waals surface area contributed by atoms with Crippen LogP contribution in [-0.4, -0.2) is 16.7 Å². The van der Waals surface area contributed by atoms with Crippen LogP contribution < -0.4 is 0 Å². The minimum absolute atomic E-state index is 0.00620. The molecule has 0 spiro atoms. The predicted octanol–water partition coefficient (Wildman–Crippen LogP) is 2.20. The van der Waals surface area contributed by atoms with Crippen LogP contribution >= 0.6 is 0 Å². The lowest BCUT2D eigenvalue weighted by molar-refractivity contribution is -0.140. The maximum atomic E-state index is 12.3. The number of imide groups is 1. The van der Waals surface area contributed by atoms with Crippen molar-refractivity contribution in [1.29, 1.82) is 0 Å². The smallest absolute Gasteiger partial charge is 0.233 e. The number of furan rings is 1. The zero-order valence-electron chi connectivity index (χ0n) is 10.5. The molecule has 1 saturated heterocycles. The Bertz CT molecular complexity index is 465. The predicted molar refractivity (Wildman–Crippen MR) is 64.3 cm³/mol. The van der Waals surface area contributed by atoms with Crippen molar-refractivity contribution in [1.82, 2.24) is 4.90 Å². The molecule has 1 aromatic rings. The van der Waals surface area contributed by atoms with Gasteiger partial charge in [-0.3, -0.25) is 14.5 Å². The van der Waals surface area contributed by atoms with E-state index in [1.807, 2.05) is 0 Å². The number of nitrogens with zero attached hydrogens (tertiary/aromatic N) is 1. The summed E-state index contributed by atoms with van der Waals surface area (Å²) in [6, 6.07) is 3.57.